The van der Waals surface area contributed by atoms with Crippen LogP contribution in [0.2, 0.25) is 0 Å². The molecule has 2 unspecified atom stereocenters. The Bertz CT molecular complexity index is 450. The number of nitrogens with two attached hydrogens (primary N) is 1. The summed E-state index contributed by atoms with van der Waals surface area (Å²) < 4.78 is 18.9. The van der Waals surface area contributed by atoms with Gasteiger partial charge in [0.05, 0.1) is 12.7 Å². The van der Waals surface area contributed by atoms with Crippen LogP contribution in [-0.4, -0.2) is 30.2 Å². The van der Waals surface area contributed by atoms with Gasteiger partial charge in [-0.25, -0.2) is 4.39 Å². The van der Waals surface area contributed by atoms with Crippen LogP contribution >= 0.6 is 0 Å². The van der Waals surface area contributed by atoms with Crippen molar-refractivity contribution in [2.45, 2.75) is 44.4 Å². The highest BCUT2D eigenvalue weighted by molar-refractivity contribution is 5.46. The first kappa shape index (κ1) is 12.9. The Balaban J connectivity index is 1.74. The number of rotatable bonds is 2. The van der Waals surface area contributed by atoms with Crippen LogP contribution in [0.3, 0.4) is 0 Å². The van der Waals surface area contributed by atoms with Crippen molar-refractivity contribution >= 4 is 5.69 Å². The van der Waals surface area contributed by atoms with Gasteiger partial charge in [-0.3, -0.25) is 4.90 Å². The monoisotopic (exact) mass is 264 g/mol. The van der Waals surface area contributed by atoms with E-state index in [4.69, 9.17) is 10.5 Å². The van der Waals surface area contributed by atoms with E-state index < -0.39 is 0 Å². The molecule has 2 fully saturated rings. The molecular formula is C15H21FN2O. The quantitative estimate of drug-likeness (QED) is 0.834. The zero-order chi connectivity index (χ0) is 13.2. The minimum absolute atomic E-state index is 0.265. The van der Waals surface area contributed by atoms with Crippen LogP contribution < -0.4 is 5.73 Å². The normalized spacial score (nSPS) is 28.1. The predicted molar refractivity (Wildman–Crippen MR) is 73.2 cm³/mol. The summed E-state index contributed by atoms with van der Waals surface area (Å²) in [7, 11) is 0. The highest BCUT2D eigenvalue weighted by Crippen LogP contribution is 2.30. The highest BCUT2D eigenvalue weighted by atomic mass is 19.1. The molecule has 104 valence electrons. The van der Waals surface area contributed by atoms with Crippen LogP contribution in [0.4, 0.5) is 10.1 Å². The molecule has 1 aliphatic heterocycles. The summed E-state index contributed by atoms with van der Waals surface area (Å²) in [6.07, 6.45) is 5.29. The second-order valence-corrected chi connectivity index (χ2v) is 5.57. The Kier molecular flexibility index (Phi) is 3.71. The zero-order valence-corrected chi connectivity index (χ0v) is 11.1. The molecule has 2 atom stereocenters. The Morgan fingerprint density at radius 2 is 2.16 bits per heavy atom. The molecule has 1 aliphatic carbocycles. The lowest BCUT2D eigenvalue weighted by atomic mass is 9.90. The van der Waals surface area contributed by atoms with Crippen molar-refractivity contribution in [1.82, 2.24) is 4.90 Å². The molecule has 1 heterocycles. The number of hydrogen-bond acceptors (Lipinski definition) is 3. The molecule has 0 radical (unpaired) electrons. The standard InChI is InChI=1S/C15H21FN2O/c16-12-6-5-11(13(17)9-12)10-18-7-8-19-15-4-2-1-3-14(15)18/h5-6,9,14-15H,1-4,7-8,10,17H2. The van der Waals surface area contributed by atoms with Gasteiger partial charge in [0.1, 0.15) is 5.82 Å². The molecule has 19 heavy (non-hydrogen) atoms. The SMILES string of the molecule is Nc1cc(F)ccc1CN1CCOC2CCCCC21. The number of morpholine rings is 1. The third-order valence-corrected chi connectivity index (χ3v) is 4.33. The molecule has 2 aliphatic rings. The minimum atomic E-state index is -0.265. The van der Waals surface area contributed by atoms with Crippen molar-refractivity contribution in [2.24, 2.45) is 0 Å². The van der Waals surface area contributed by atoms with Gasteiger partial charge in [0.25, 0.3) is 0 Å². The third kappa shape index (κ3) is 2.74. The Labute approximate surface area is 113 Å². The molecule has 3 nitrogen and oxygen atoms in total. The van der Waals surface area contributed by atoms with Gasteiger partial charge < -0.3 is 10.5 Å². The van der Waals surface area contributed by atoms with E-state index in [9.17, 15) is 4.39 Å². The van der Waals surface area contributed by atoms with Crippen molar-refractivity contribution < 1.29 is 9.13 Å². The third-order valence-electron chi connectivity index (χ3n) is 4.33. The molecule has 1 aromatic carbocycles. The first-order valence-electron chi connectivity index (χ1n) is 7.13. The zero-order valence-electron chi connectivity index (χ0n) is 11.1. The van der Waals surface area contributed by atoms with E-state index in [1.165, 1.54) is 37.8 Å². The average Bonchev–Trinajstić information content (AvgIpc) is 2.42. The second kappa shape index (κ2) is 5.47. The topological polar surface area (TPSA) is 38.5 Å². The number of ether oxygens (including phenoxy) is 1. The van der Waals surface area contributed by atoms with Crippen LogP contribution in [0.15, 0.2) is 18.2 Å². The highest BCUT2D eigenvalue weighted by Gasteiger charge is 2.34. The molecule has 1 saturated carbocycles. The summed E-state index contributed by atoms with van der Waals surface area (Å²) in [5.41, 5.74) is 7.48. The first-order valence-corrected chi connectivity index (χ1v) is 7.13. The summed E-state index contributed by atoms with van der Waals surface area (Å²) in [6, 6.07) is 5.21. The van der Waals surface area contributed by atoms with Gasteiger partial charge in [-0.15, -0.1) is 0 Å². The molecular weight excluding hydrogens is 243 g/mol. The lowest BCUT2D eigenvalue weighted by Crippen LogP contribution is -2.52. The van der Waals surface area contributed by atoms with Crippen LogP contribution in [0.25, 0.3) is 0 Å². The fourth-order valence-electron chi connectivity index (χ4n) is 3.30. The summed E-state index contributed by atoms with van der Waals surface area (Å²) >= 11 is 0. The van der Waals surface area contributed by atoms with Crippen molar-refractivity contribution in [3.63, 3.8) is 0 Å². The Hall–Kier alpha value is -1.13. The number of hydrogen-bond donors (Lipinski definition) is 1. The predicted octanol–water partition coefficient (Wildman–Crippen LogP) is 2.55. The summed E-state index contributed by atoms with van der Waals surface area (Å²) in [5, 5.41) is 0. The van der Waals surface area contributed by atoms with E-state index in [1.807, 2.05) is 0 Å². The number of anilines is 1. The number of nitrogen functional groups attached to an aromatic ring is 1. The molecule has 1 saturated heterocycles. The van der Waals surface area contributed by atoms with Crippen molar-refractivity contribution in [1.29, 1.82) is 0 Å². The van der Waals surface area contributed by atoms with Gasteiger partial charge in [-0.05, 0) is 30.5 Å². The van der Waals surface area contributed by atoms with Crippen LogP contribution in [0.5, 0.6) is 0 Å². The molecule has 0 aromatic heterocycles. The maximum Gasteiger partial charge on any atom is 0.125 e. The lowest BCUT2D eigenvalue weighted by Gasteiger charge is -2.44. The number of benzene rings is 1. The number of halogens is 1. The minimum Gasteiger partial charge on any atom is -0.398 e. The van der Waals surface area contributed by atoms with Gasteiger partial charge in [-0.1, -0.05) is 18.9 Å². The van der Waals surface area contributed by atoms with Gasteiger partial charge in [-0.2, -0.15) is 0 Å². The molecule has 0 amide bonds. The Morgan fingerprint density at radius 1 is 1.32 bits per heavy atom. The average molecular weight is 264 g/mol. The molecule has 4 heteroatoms. The molecule has 1 aromatic rings. The summed E-state index contributed by atoms with van der Waals surface area (Å²) in [6.45, 7) is 2.54. The molecule has 0 spiro atoms. The largest absolute Gasteiger partial charge is 0.398 e. The molecule has 2 N–H and O–H groups in total. The molecule has 0 bridgehead atoms. The van der Waals surface area contributed by atoms with E-state index in [0.29, 0.717) is 17.8 Å². The van der Waals surface area contributed by atoms with Gasteiger partial charge in [0.2, 0.25) is 0 Å². The first-order chi connectivity index (χ1) is 9.24. The van der Waals surface area contributed by atoms with Crippen molar-refractivity contribution in [2.75, 3.05) is 18.9 Å². The fourth-order valence-corrected chi connectivity index (χ4v) is 3.30. The van der Waals surface area contributed by atoms with E-state index in [-0.39, 0.29) is 5.82 Å². The smallest absolute Gasteiger partial charge is 0.125 e. The van der Waals surface area contributed by atoms with Crippen LogP contribution in [0.1, 0.15) is 31.2 Å². The number of nitrogens with zero attached hydrogens (tertiary/aromatic N) is 1. The van der Waals surface area contributed by atoms with Gasteiger partial charge in [0, 0.05) is 24.8 Å². The maximum atomic E-state index is 13.1. The van der Waals surface area contributed by atoms with E-state index in [2.05, 4.69) is 4.90 Å². The number of fused-ring (bicyclic) bond motifs is 1. The maximum absolute atomic E-state index is 13.1. The van der Waals surface area contributed by atoms with Gasteiger partial charge in [0.15, 0.2) is 0 Å². The van der Waals surface area contributed by atoms with Crippen molar-refractivity contribution in [3.8, 4) is 0 Å². The summed E-state index contributed by atoms with van der Waals surface area (Å²) in [4.78, 5) is 2.46. The van der Waals surface area contributed by atoms with Crippen LogP contribution in [0, 0.1) is 5.82 Å². The second-order valence-electron chi connectivity index (χ2n) is 5.57. The summed E-state index contributed by atoms with van der Waals surface area (Å²) in [5.74, 6) is -0.265. The van der Waals surface area contributed by atoms with Crippen LogP contribution in [-0.2, 0) is 11.3 Å². The molecule has 3 rings (SSSR count). The van der Waals surface area contributed by atoms with Gasteiger partial charge >= 0.3 is 0 Å². The Morgan fingerprint density at radius 3 is 3.00 bits per heavy atom. The van der Waals surface area contributed by atoms with Crippen molar-refractivity contribution in [3.05, 3.63) is 29.6 Å². The van der Waals surface area contributed by atoms with E-state index in [1.54, 1.807) is 6.07 Å². The van der Waals surface area contributed by atoms with E-state index >= 15 is 0 Å². The fraction of sp³-hybridized carbons (Fsp3) is 0.600. The lowest BCUT2D eigenvalue weighted by molar-refractivity contribution is -0.0910. The van der Waals surface area contributed by atoms with E-state index in [0.717, 1.165) is 25.3 Å².